The average Bonchev–Trinajstić information content (AvgIpc) is 2.63. The Morgan fingerprint density at radius 1 is 0.708 bits per heavy atom. The minimum atomic E-state index is 0.128. The van der Waals surface area contributed by atoms with Crippen LogP contribution in [-0.4, -0.2) is 7.11 Å². The van der Waals surface area contributed by atoms with Crippen molar-refractivity contribution in [1.29, 1.82) is 0 Å². The topological polar surface area (TPSA) is 9.23 Å². The van der Waals surface area contributed by atoms with E-state index in [9.17, 15) is 0 Å². The number of hydrogen-bond acceptors (Lipinski definition) is 1. The molecule has 1 heteroatoms. The summed E-state index contributed by atoms with van der Waals surface area (Å²) < 4.78 is 5.22. The zero-order valence-corrected chi connectivity index (χ0v) is 14.6. The van der Waals surface area contributed by atoms with E-state index >= 15 is 0 Å². The third kappa shape index (κ3) is 3.68. The zero-order chi connectivity index (χ0) is 17.0. The molecule has 0 aliphatic carbocycles. The molecule has 0 unspecified atom stereocenters. The molecular weight excluding hydrogens is 292 g/mol. The van der Waals surface area contributed by atoms with E-state index in [1.807, 2.05) is 12.1 Å². The molecule has 24 heavy (non-hydrogen) atoms. The van der Waals surface area contributed by atoms with Gasteiger partial charge in [0, 0.05) is 0 Å². The monoisotopic (exact) mass is 316 g/mol. The maximum atomic E-state index is 5.22. The largest absolute Gasteiger partial charge is 0.497 e. The van der Waals surface area contributed by atoms with Gasteiger partial charge in [-0.05, 0) is 46.2 Å². The van der Waals surface area contributed by atoms with Crippen LogP contribution in [0.4, 0.5) is 0 Å². The average molecular weight is 316 g/mol. The van der Waals surface area contributed by atoms with Gasteiger partial charge < -0.3 is 4.74 Å². The summed E-state index contributed by atoms with van der Waals surface area (Å²) in [6, 6.07) is 27.8. The first-order chi connectivity index (χ1) is 11.6. The van der Waals surface area contributed by atoms with E-state index < -0.39 is 0 Å². The predicted octanol–water partition coefficient (Wildman–Crippen LogP) is 5.88. The Hall–Kier alpha value is -2.54. The first-order valence-electron chi connectivity index (χ1n) is 8.37. The molecule has 0 aromatic heterocycles. The highest BCUT2D eigenvalue weighted by atomic mass is 16.5. The molecule has 3 aromatic carbocycles. The Kier molecular flexibility index (Phi) is 4.71. The number of benzene rings is 3. The van der Waals surface area contributed by atoms with Crippen molar-refractivity contribution >= 4 is 0 Å². The van der Waals surface area contributed by atoms with E-state index in [0.29, 0.717) is 0 Å². The van der Waals surface area contributed by atoms with Crippen molar-refractivity contribution in [3.05, 3.63) is 90.0 Å². The second kappa shape index (κ2) is 6.92. The second-order valence-corrected chi connectivity index (χ2v) is 6.85. The van der Waals surface area contributed by atoms with Gasteiger partial charge in [-0.15, -0.1) is 0 Å². The molecule has 3 aromatic rings. The van der Waals surface area contributed by atoms with Crippen LogP contribution in [0.15, 0.2) is 78.9 Å². The maximum absolute atomic E-state index is 5.22. The van der Waals surface area contributed by atoms with Gasteiger partial charge in [0.1, 0.15) is 5.75 Å². The Balaban J connectivity index is 1.77. The second-order valence-electron chi connectivity index (χ2n) is 6.85. The molecule has 0 saturated heterocycles. The van der Waals surface area contributed by atoms with Crippen molar-refractivity contribution in [2.24, 2.45) is 0 Å². The van der Waals surface area contributed by atoms with Crippen LogP contribution in [0.25, 0.3) is 11.1 Å². The molecular formula is C23H24O. The molecule has 0 heterocycles. The standard InChI is InChI=1S/C23H24O/c1-23(2,21-7-5-4-6-8-21)17-18-9-11-19(12-10-18)20-13-15-22(24-3)16-14-20/h4-16H,17H2,1-3H3. The van der Waals surface area contributed by atoms with Crippen LogP contribution < -0.4 is 4.74 Å². The van der Waals surface area contributed by atoms with E-state index in [1.54, 1.807) is 7.11 Å². The molecule has 122 valence electrons. The SMILES string of the molecule is COc1ccc(-c2ccc(CC(C)(C)c3ccccc3)cc2)cc1. The fraction of sp³-hybridized carbons (Fsp3) is 0.217. The lowest BCUT2D eigenvalue weighted by Crippen LogP contribution is -2.20. The molecule has 0 fully saturated rings. The molecule has 0 radical (unpaired) electrons. The van der Waals surface area contributed by atoms with E-state index in [2.05, 4.69) is 80.6 Å². The van der Waals surface area contributed by atoms with Gasteiger partial charge in [0.25, 0.3) is 0 Å². The molecule has 0 amide bonds. The van der Waals surface area contributed by atoms with Crippen molar-refractivity contribution in [3.63, 3.8) is 0 Å². The maximum Gasteiger partial charge on any atom is 0.118 e. The Morgan fingerprint density at radius 3 is 1.79 bits per heavy atom. The van der Waals surface area contributed by atoms with Crippen LogP contribution in [-0.2, 0) is 11.8 Å². The predicted molar refractivity (Wildman–Crippen MR) is 102 cm³/mol. The first kappa shape index (κ1) is 16.3. The van der Waals surface area contributed by atoms with Crippen molar-refractivity contribution in [2.75, 3.05) is 7.11 Å². The molecule has 0 bridgehead atoms. The van der Waals surface area contributed by atoms with Gasteiger partial charge in [0.05, 0.1) is 7.11 Å². The van der Waals surface area contributed by atoms with E-state index in [0.717, 1.165) is 12.2 Å². The normalized spacial score (nSPS) is 11.3. The summed E-state index contributed by atoms with van der Waals surface area (Å²) in [6.07, 6.45) is 1.03. The third-order valence-corrected chi connectivity index (χ3v) is 4.58. The summed E-state index contributed by atoms with van der Waals surface area (Å²) in [6.45, 7) is 4.61. The number of ether oxygens (including phenoxy) is 1. The van der Waals surface area contributed by atoms with Crippen LogP contribution in [0.5, 0.6) is 5.75 Å². The molecule has 0 atom stereocenters. The molecule has 0 aliphatic rings. The third-order valence-electron chi connectivity index (χ3n) is 4.58. The van der Waals surface area contributed by atoms with Gasteiger partial charge in [-0.25, -0.2) is 0 Å². The fourth-order valence-corrected chi connectivity index (χ4v) is 3.10. The Bertz CT molecular complexity index is 769. The lowest BCUT2D eigenvalue weighted by molar-refractivity contribution is 0.415. The van der Waals surface area contributed by atoms with Gasteiger partial charge in [0.15, 0.2) is 0 Å². The van der Waals surface area contributed by atoms with Crippen LogP contribution in [0.3, 0.4) is 0 Å². The molecule has 0 saturated carbocycles. The van der Waals surface area contributed by atoms with Crippen molar-refractivity contribution < 1.29 is 4.74 Å². The van der Waals surface area contributed by atoms with Gasteiger partial charge in [-0.1, -0.05) is 80.6 Å². The van der Waals surface area contributed by atoms with Crippen molar-refractivity contribution in [3.8, 4) is 16.9 Å². The van der Waals surface area contributed by atoms with E-state index in [-0.39, 0.29) is 5.41 Å². The van der Waals surface area contributed by atoms with Gasteiger partial charge in [0.2, 0.25) is 0 Å². The van der Waals surface area contributed by atoms with Gasteiger partial charge in [-0.3, -0.25) is 0 Å². The molecule has 0 spiro atoms. The lowest BCUT2D eigenvalue weighted by atomic mass is 9.79. The smallest absolute Gasteiger partial charge is 0.118 e. The van der Waals surface area contributed by atoms with Crippen LogP contribution >= 0.6 is 0 Å². The highest BCUT2D eigenvalue weighted by Crippen LogP contribution is 2.29. The summed E-state index contributed by atoms with van der Waals surface area (Å²) >= 11 is 0. The summed E-state index contributed by atoms with van der Waals surface area (Å²) in [5.74, 6) is 0.889. The molecule has 0 N–H and O–H groups in total. The van der Waals surface area contributed by atoms with Gasteiger partial charge in [-0.2, -0.15) is 0 Å². The molecule has 1 nitrogen and oxygen atoms in total. The minimum Gasteiger partial charge on any atom is -0.497 e. The van der Waals surface area contributed by atoms with E-state index in [4.69, 9.17) is 4.74 Å². The molecule has 0 aliphatic heterocycles. The number of hydrogen-bond donors (Lipinski definition) is 0. The van der Waals surface area contributed by atoms with E-state index in [1.165, 1.54) is 22.3 Å². The number of methoxy groups -OCH3 is 1. The highest BCUT2D eigenvalue weighted by Gasteiger charge is 2.20. The van der Waals surface area contributed by atoms with Crippen LogP contribution in [0.1, 0.15) is 25.0 Å². The summed E-state index contributed by atoms with van der Waals surface area (Å²) in [7, 11) is 1.69. The van der Waals surface area contributed by atoms with Crippen molar-refractivity contribution in [1.82, 2.24) is 0 Å². The van der Waals surface area contributed by atoms with Crippen LogP contribution in [0.2, 0.25) is 0 Å². The summed E-state index contributed by atoms with van der Waals surface area (Å²) in [5.41, 5.74) is 5.32. The quantitative estimate of drug-likeness (QED) is 0.571. The Morgan fingerprint density at radius 2 is 1.25 bits per heavy atom. The first-order valence-corrected chi connectivity index (χ1v) is 8.37. The zero-order valence-electron chi connectivity index (χ0n) is 14.6. The highest BCUT2D eigenvalue weighted by molar-refractivity contribution is 5.64. The van der Waals surface area contributed by atoms with Crippen LogP contribution in [0, 0.1) is 0 Å². The van der Waals surface area contributed by atoms with Gasteiger partial charge >= 0.3 is 0 Å². The minimum absolute atomic E-state index is 0.128. The summed E-state index contributed by atoms with van der Waals surface area (Å²) in [4.78, 5) is 0. The number of rotatable bonds is 5. The van der Waals surface area contributed by atoms with Crippen molar-refractivity contribution in [2.45, 2.75) is 25.7 Å². The summed E-state index contributed by atoms with van der Waals surface area (Å²) in [5, 5.41) is 0. The molecule has 3 rings (SSSR count). The fourth-order valence-electron chi connectivity index (χ4n) is 3.10. The lowest BCUT2D eigenvalue weighted by Gasteiger charge is -2.25. The Labute approximate surface area is 144 Å².